The fourth-order valence-electron chi connectivity index (χ4n) is 1.95. The Morgan fingerprint density at radius 1 is 1.20 bits per heavy atom. The van der Waals surface area contributed by atoms with Gasteiger partial charge in [0.1, 0.15) is 0 Å². The molecule has 0 bridgehead atoms. The first-order valence-electron chi connectivity index (χ1n) is 7.84. The van der Waals surface area contributed by atoms with E-state index >= 15 is 0 Å². The Morgan fingerprint density at radius 3 is 2.65 bits per heavy atom. The summed E-state index contributed by atoms with van der Waals surface area (Å²) in [6, 6.07) is 7.00. The SMILES string of the molecule is CCOc1cc(CNC2CC2)ccc1OCC(C)CC. The van der Waals surface area contributed by atoms with Crippen molar-refractivity contribution in [2.24, 2.45) is 5.92 Å². The van der Waals surface area contributed by atoms with Crippen molar-refractivity contribution in [3.8, 4) is 11.5 Å². The summed E-state index contributed by atoms with van der Waals surface area (Å²) < 4.78 is 11.6. The summed E-state index contributed by atoms with van der Waals surface area (Å²) in [6.45, 7) is 8.72. The van der Waals surface area contributed by atoms with Gasteiger partial charge >= 0.3 is 0 Å². The zero-order chi connectivity index (χ0) is 14.4. The third-order valence-corrected chi connectivity index (χ3v) is 3.70. The van der Waals surface area contributed by atoms with Crippen molar-refractivity contribution in [3.05, 3.63) is 23.8 Å². The molecular weight excluding hydrogens is 250 g/mol. The van der Waals surface area contributed by atoms with Crippen molar-refractivity contribution in [3.63, 3.8) is 0 Å². The van der Waals surface area contributed by atoms with Crippen LogP contribution in [0.15, 0.2) is 18.2 Å². The third-order valence-electron chi connectivity index (χ3n) is 3.70. The Hall–Kier alpha value is -1.22. The molecular formula is C17H27NO2. The lowest BCUT2D eigenvalue weighted by molar-refractivity contribution is 0.237. The van der Waals surface area contributed by atoms with Gasteiger partial charge in [-0.2, -0.15) is 0 Å². The molecule has 1 unspecified atom stereocenters. The number of rotatable bonds is 9. The summed E-state index contributed by atoms with van der Waals surface area (Å²) in [7, 11) is 0. The molecule has 1 aliphatic carbocycles. The van der Waals surface area contributed by atoms with E-state index in [0.29, 0.717) is 12.5 Å². The maximum absolute atomic E-state index is 5.89. The van der Waals surface area contributed by atoms with E-state index in [9.17, 15) is 0 Å². The zero-order valence-electron chi connectivity index (χ0n) is 12.9. The zero-order valence-corrected chi connectivity index (χ0v) is 12.9. The maximum atomic E-state index is 5.89. The van der Waals surface area contributed by atoms with Crippen molar-refractivity contribution in [1.82, 2.24) is 5.32 Å². The highest BCUT2D eigenvalue weighted by Crippen LogP contribution is 2.29. The van der Waals surface area contributed by atoms with Gasteiger partial charge in [-0.25, -0.2) is 0 Å². The van der Waals surface area contributed by atoms with Crippen LogP contribution in [0.1, 0.15) is 45.6 Å². The van der Waals surface area contributed by atoms with E-state index in [1.54, 1.807) is 0 Å². The molecule has 1 atom stereocenters. The fourth-order valence-corrected chi connectivity index (χ4v) is 1.95. The van der Waals surface area contributed by atoms with Gasteiger partial charge in [0.15, 0.2) is 11.5 Å². The third kappa shape index (κ3) is 4.71. The Balaban J connectivity index is 1.97. The maximum Gasteiger partial charge on any atom is 0.161 e. The Labute approximate surface area is 122 Å². The Kier molecular flexibility index (Phi) is 5.72. The van der Waals surface area contributed by atoms with Gasteiger partial charge in [-0.05, 0) is 43.4 Å². The second-order valence-electron chi connectivity index (χ2n) is 5.69. The molecule has 0 aromatic heterocycles. The average molecular weight is 277 g/mol. The van der Waals surface area contributed by atoms with E-state index in [2.05, 4.69) is 31.3 Å². The molecule has 112 valence electrons. The van der Waals surface area contributed by atoms with Gasteiger partial charge in [-0.3, -0.25) is 0 Å². The highest BCUT2D eigenvalue weighted by molar-refractivity contribution is 5.43. The number of hydrogen-bond donors (Lipinski definition) is 1. The van der Waals surface area contributed by atoms with Crippen LogP contribution in [-0.2, 0) is 6.54 Å². The van der Waals surface area contributed by atoms with E-state index < -0.39 is 0 Å². The molecule has 1 N–H and O–H groups in total. The van der Waals surface area contributed by atoms with E-state index in [4.69, 9.17) is 9.47 Å². The van der Waals surface area contributed by atoms with E-state index in [1.807, 2.05) is 13.0 Å². The molecule has 0 saturated heterocycles. The average Bonchev–Trinajstić information content (AvgIpc) is 3.28. The van der Waals surface area contributed by atoms with Gasteiger partial charge in [-0.15, -0.1) is 0 Å². The monoisotopic (exact) mass is 277 g/mol. The second kappa shape index (κ2) is 7.53. The normalized spacial score (nSPS) is 15.9. The van der Waals surface area contributed by atoms with Crippen LogP contribution in [0.2, 0.25) is 0 Å². The lowest BCUT2D eigenvalue weighted by Crippen LogP contribution is -2.15. The van der Waals surface area contributed by atoms with E-state index in [0.717, 1.165) is 37.1 Å². The molecule has 1 aromatic carbocycles. The number of benzene rings is 1. The van der Waals surface area contributed by atoms with Crippen LogP contribution < -0.4 is 14.8 Å². The van der Waals surface area contributed by atoms with E-state index in [1.165, 1.54) is 18.4 Å². The van der Waals surface area contributed by atoms with Crippen molar-refractivity contribution < 1.29 is 9.47 Å². The van der Waals surface area contributed by atoms with Gasteiger partial charge in [0, 0.05) is 12.6 Å². The van der Waals surface area contributed by atoms with Crippen LogP contribution >= 0.6 is 0 Å². The molecule has 3 heteroatoms. The molecule has 0 heterocycles. The van der Waals surface area contributed by atoms with E-state index in [-0.39, 0.29) is 0 Å². The number of ether oxygens (including phenoxy) is 2. The molecule has 0 aliphatic heterocycles. The van der Waals surface area contributed by atoms with Crippen LogP contribution in [-0.4, -0.2) is 19.3 Å². The highest BCUT2D eigenvalue weighted by atomic mass is 16.5. The molecule has 0 amide bonds. The van der Waals surface area contributed by atoms with Crippen molar-refractivity contribution in [1.29, 1.82) is 0 Å². The molecule has 1 saturated carbocycles. The number of nitrogens with one attached hydrogen (secondary N) is 1. The summed E-state index contributed by atoms with van der Waals surface area (Å²) in [5.74, 6) is 2.30. The minimum absolute atomic E-state index is 0.570. The van der Waals surface area contributed by atoms with Gasteiger partial charge in [0.25, 0.3) is 0 Å². The lowest BCUT2D eigenvalue weighted by atomic mass is 10.1. The molecule has 1 fully saturated rings. The topological polar surface area (TPSA) is 30.5 Å². The molecule has 2 rings (SSSR count). The standard InChI is InChI=1S/C17H27NO2/c1-4-13(3)12-20-16-9-6-14(10-17(16)19-5-2)11-18-15-7-8-15/h6,9-10,13,15,18H,4-5,7-8,11-12H2,1-3H3. The summed E-state index contributed by atoms with van der Waals surface area (Å²) in [4.78, 5) is 0. The molecule has 0 radical (unpaired) electrons. The second-order valence-corrected chi connectivity index (χ2v) is 5.69. The fraction of sp³-hybridized carbons (Fsp3) is 0.647. The van der Waals surface area contributed by atoms with Crippen LogP contribution in [0.4, 0.5) is 0 Å². The summed E-state index contributed by atoms with van der Waals surface area (Å²) in [5, 5.41) is 3.52. The first-order chi connectivity index (χ1) is 9.72. The minimum atomic E-state index is 0.570. The molecule has 20 heavy (non-hydrogen) atoms. The van der Waals surface area contributed by atoms with Gasteiger partial charge in [-0.1, -0.05) is 26.3 Å². The summed E-state index contributed by atoms with van der Waals surface area (Å²) >= 11 is 0. The highest BCUT2D eigenvalue weighted by Gasteiger charge is 2.20. The van der Waals surface area contributed by atoms with Crippen LogP contribution in [0, 0.1) is 5.92 Å². The van der Waals surface area contributed by atoms with Gasteiger partial charge < -0.3 is 14.8 Å². The first-order valence-corrected chi connectivity index (χ1v) is 7.84. The smallest absolute Gasteiger partial charge is 0.161 e. The van der Waals surface area contributed by atoms with Gasteiger partial charge in [0.05, 0.1) is 13.2 Å². The molecule has 1 aromatic rings. The van der Waals surface area contributed by atoms with Gasteiger partial charge in [0.2, 0.25) is 0 Å². The van der Waals surface area contributed by atoms with Crippen LogP contribution in [0.5, 0.6) is 11.5 Å². The molecule has 3 nitrogen and oxygen atoms in total. The van der Waals surface area contributed by atoms with Crippen molar-refractivity contribution in [2.75, 3.05) is 13.2 Å². The predicted molar refractivity (Wildman–Crippen MR) is 82.4 cm³/mol. The van der Waals surface area contributed by atoms with Crippen LogP contribution in [0.25, 0.3) is 0 Å². The molecule has 1 aliphatic rings. The summed E-state index contributed by atoms with van der Waals surface area (Å²) in [5.41, 5.74) is 1.26. The summed E-state index contributed by atoms with van der Waals surface area (Å²) in [6.07, 6.45) is 3.76. The van der Waals surface area contributed by atoms with Crippen molar-refractivity contribution >= 4 is 0 Å². The molecule has 0 spiro atoms. The largest absolute Gasteiger partial charge is 0.490 e. The predicted octanol–water partition coefficient (Wildman–Crippen LogP) is 3.76. The first kappa shape index (κ1) is 15.2. The number of hydrogen-bond acceptors (Lipinski definition) is 3. The van der Waals surface area contributed by atoms with Crippen molar-refractivity contribution in [2.45, 2.75) is 52.6 Å². The Morgan fingerprint density at radius 2 is 2.00 bits per heavy atom. The lowest BCUT2D eigenvalue weighted by Gasteiger charge is -2.15. The Bertz CT molecular complexity index is 415. The quantitative estimate of drug-likeness (QED) is 0.745. The van der Waals surface area contributed by atoms with Crippen LogP contribution in [0.3, 0.4) is 0 Å². The minimum Gasteiger partial charge on any atom is -0.490 e.